The molecule has 0 atom stereocenters. The smallest absolute Gasteiger partial charge is 0.309 e. The first-order chi connectivity index (χ1) is 8.04. The van der Waals surface area contributed by atoms with E-state index in [9.17, 15) is 9.59 Å². The summed E-state index contributed by atoms with van der Waals surface area (Å²) in [7, 11) is 0. The van der Waals surface area contributed by atoms with Crippen molar-refractivity contribution in [2.75, 3.05) is 0 Å². The Bertz CT molecular complexity index is 617. The second kappa shape index (κ2) is 4.54. The molecule has 0 spiro atoms. The van der Waals surface area contributed by atoms with Crippen LogP contribution in [0.4, 0.5) is 0 Å². The summed E-state index contributed by atoms with van der Waals surface area (Å²) in [6.45, 7) is 0. The summed E-state index contributed by atoms with van der Waals surface area (Å²) in [5, 5.41) is 8.64. The minimum absolute atomic E-state index is 0.184. The van der Waals surface area contributed by atoms with Crippen LogP contribution in [0.5, 0.6) is 0 Å². The predicted octanol–water partition coefficient (Wildman–Crippen LogP) is 1.42. The number of carboxylic acid groups (broad SMARTS) is 1. The molecule has 2 aromatic rings. The largest absolute Gasteiger partial charge is 0.481 e. The standard InChI is InChI=1S/C10H7BrN2O4/c11-7-2-1-6(17-7)10-12-5(4-9(15)16)3-8(14)13-10/h1-3H,4H2,(H,15,16)(H,12,13,14). The first-order valence-electron chi connectivity index (χ1n) is 4.62. The van der Waals surface area contributed by atoms with Gasteiger partial charge in [0.15, 0.2) is 16.3 Å². The fraction of sp³-hybridized carbons (Fsp3) is 0.100. The van der Waals surface area contributed by atoms with Crippen LogP contribution in [-0.4, -0.2) is 21.0 Å². The van der Waals surface area contributed by atoms with Crippen LogP contribution in [0.25, 0.3) is 11.6 Å². The highest BCUT2D eigenvalue weighted by Crippen LogP contribution is 2.21. The fourth-order valence-corrected chi connectivity index (χ4v) is 1.62. The minimum Gasteiger partial charge on any atom is -0.481 e. The summed E-state index contributed by atoms with van der Waals surface area (Å²) < 4.78 is 5.72. The van der Waals surface area contributed by atoms with Gasteiger partial charge in [0.2, 0.25) is 0 Å². The van der Waals surface area contributed by atoms with Crippen LogP contribution in [0.2, 0.25) is 0 Å². The highest BCUT2D eigenvalue weighted by molar-refractivity contribution is 9.10. The quantitative estimate of drug-likeness (QED) is 0.893. The number of nitrogens with zero attached hydrogens (tertiary/aromatic N) is 1. The van der Waals surface area contributed by atoms with Crippen LogP contribution >= 0.6 is 15.9 Å². The molecule has 0 aromatic carbocycles. The van der Waals surface area contributed by atoms with Gasteiger partial charge in [0.25, 0.3) is 5.56 Å². The van der Waals surface area contributed by atoms with Crippen molar-refractivity contribution in [1.82, 2.24) is 9.97 Å². The fourth-order valence-electron chi connectivity index (χ4n) is 1.31. The third kappa shape index (κ3) is 2.82. The molecule has 0 saturated carbocycles. The van der Waals surface area contributed by atoms with Gasteiger partial charge in [-0.3, -0.25) is 9.59 Å². The topological polar surface area (TPSA) is 96.2 Å². The Kier molecular flexibility index (Phi) is 3.10. The number of aliphatic carboxylic acids is 1. The maximum absolute atomic E-state index is 11.3. The molecule has 0 radical (unpaired) electrons. The first-order valence-corrected chi connectivity index (χ1v) is 5.41. The molecule has 2 N–H and O–H groups in total. The van der Waals surface area contributed by atoms with E-state index < -0.39 is 11.5 Å². The lowest BCUT2D eigenvalue weighted by molar-refractivity contribution is -0.136. The van der Waals surface area contributed by atoms with Gasteiger partial charge in [-0.1, -0.05) is 0 Å². The van der Waals surface area contributed by atoms with Crippen molar-refractivity contribution in [3.63, 3.8) is 0 Å². The normalized spacial score (nSPS) is 10.4. The molecular weight excluding hydrogens is 292 g/mol. The molecule has 0 amide bonds. The summed E-state index contributed by atoms with van der Waals surface area (Å²) in [6.07, 6.45) is -0.307. The van der Waals surface area contributed by atoms with Crippen molar-refractivity contribution in [2.24, 2.45) is 0 Å². The van der Waals surface area contributed by atoms with E-state index in [1.54, 1.807) is 12.1 Å². The van der Waals surface area contributed by atoms with Gasteiger partial charge in [-0.2, -0.15) is 0 Å². The van der Waals surface area contributed by atoms with Crippen LogP contribution < -0.4 is 5.56 Å². The monoisotopic (exact) mass is 298 g/mol. The highest BCUT2D eigenvalue weighted by atomic mass is 79.9. The molecule has 88 valence electrons. The van der Waals surface area contributed by atoms with Gasteiger partial charge in [0.1, 0.15) is 0 Å². The van der Waals surface area contributed by atoms with Gasteiger partial charge in [0, 0.05) is 6.07 Å². The SMILES string of the molecule is O=C(O)Cc1cc(=O)[nH]c(-c2ccc(Br)o2)n1. The van der Waals surface area contributed by atoms with Crippen LogP contribution in [-0.2, 0) is 11.2 Å². The molecule has 0 fully saturated rings. The average Bonchev–Trinajstić information content (AvgIpc) is 2.62. The number of carbonyl (C=O) groups is 1. The summed E-state index contributed by atoms with van der Waals surface area (Å²) in [5.41, 5.74) is -0.234. The molecule has 7 heteroatoms. The van der Waals surface area contributed by atoms with Gasteiger partial charge < -0.3 is 14.5 Å². The Morgan fingerprint density at radius 2 is 2.29 bits per heavy atom. The zero-order valence-corrected chi connectivity index (χ0v) is 10.0. The van der Waals surface area contributed by atoms with Crippen molar-refractivity contribution in [2.45, 2.75) is 6.42 Å². The molecule has 0 unspecified atom stereocenters. The van der Waals surface area contributed by atoms with Crippen molar-refractivity contribution >= 4 is 21.9 Å². The number of H-pyrrole nitrogens is 1. The molecule has 6 nitrogen and oxygen atoms in total. The molecule has 0 aliphatic carbocycles. The first kappa shape index (κ1) is 11.6. The highest BCUT2D eigenvalue weighted by Gasteiger charge is 2.10. The lowest BCUT2D eigenvalue weighted by Crippen LogP contribution is -2.12. The van der Waals surface area contributed by atoms with Gasteiger partial charge in [-0.15, -0.1) is 0 Å². The Hall–Kier alpha value is -1.89. The van der Waals surface area contributed by atoms with E-state index in [0.29, 0.717) is 10.4 Å². The lowest BCUT2D eigenvalue weighted by Gasteiger charge is -1.99. The van der Waals surface area contributed by atoms with E-state index in [2.05, 4.69) is 25.9 Å². The number of hydrogen-bond acceptors (Lipinski definition) is 4. The molecule has 0 saturated heterocycles. The Balaban J connectivity index is 2.44. The van der Waals surface area contributed by atoms with E-state index >= 15 is 0 Å². The number of hydrogen-bond donors (Lipinski definition) is 2. The summed E-state index contributed by atoms with van der Waals surface area (Å²) in [4.78, 5) is 28.4. The number of rotatable bonds is 3. The average molecular weight is 299 g/mol. The van der Waals surface area contributed by atoms with E-state index in [1.165, 1.54) is 0 Å². The second-order valence-corrected chi connectivity index (χ2v) is 4.04. The Morgan fingerprint density at radius 3 is 2.88 bits per heavy atom. The second-order valence-electron chi connectivity index (χ2n) is 3.26. The predicted molar refractivity (Wildman–Crippen MR) is 61.6 cm³/mol. The van der Waals surface area contributed by atoms with Crippen LogP contribution in [0.1, 0.15) is 5.69 Å². The number of aromatic amines is 1. The molecular formula is C10H7BrN2O4. The van der Waals surface area contributed by atoms with E-state index in [0.717, 1.165) is 6.07 Å². The van der Waals surface area contributed by atoms with Crippen molar-refractivity contribution < 1.29 is 14.3 Å². The number of nitrogens with one attached hydrogen (secondary N) is 1. The van der Waals surface area contributed by atoms with Crippen LogP contribution in [0.15, 0.2) is 32.1 Å². The zero-order chi connectivity index (χ0) is 12.4. The van der Waals surface area contributed by atoms with E-state index in [1.807, 2.05) is 0 Å². The van der Waals surface area contributed by atoms with Crippen molar-refractivity contribution in [3.8, 4) is 11.6 Å². The van der Waals surface area contributed by atoms with Crippen molar-refractivity contribution in [3.05, 3.63) is 38.9 Å². The summed E-state index contributed by atoms with van der Waals surface area (Å²) in [6, 6.07) is 4.42. The molecule has 0 aliphatic heterocycles. The molecule has 0 aliphatic rings. The van der Waals surface area contributed by atoms with Gasteiger partial charge in [-0.05, 0) is 28.1 Å². The summed E-state index contributed by atoms with van der Waals surface area (Å²) in [5.74, 6) is -0.477. The van der Waals surface area contributed by atoms with Crippen LogP contribution in [0, 0.1) is 0 Å². The molecule has 17 heavy (non-hydrogen) atoms. The maximum atomic E-state index is 11.3. The van der Waals surface area contributed by atoms with Gasteiger partial charge in [0.05, 0.1) is 12.1 Å². The molecule has 2 heterocycles. The van der Waals surface area contributed by atoms with E-state index in [4.69, 9.17) is 9.52 Å². The van der Waals surface area contributed by atoms with Gasteiger partial charge in [-0.25, -0.2) is 4.98 Å². The lowest BCUT2D eigenvalue weighted by atomic mass is 10.3. The third-order valence-corrected chi connectivity index (χ3v) is 2.36. The summed E-state index contributed by atoms with van der Waals surface area (Å²) >= 11 is 3.13. The molecule has 0 bridgehead atoms. The number of halogens is 1. The molecule has 2 aromatic heterocycles. The minimum atomic E-state index is -1.05. The Morgan fingerprint density at radius 1 is 1.53 bits per heavy atom. The molecule has 2 rings (SSSR count). The maximum Gasteiger partial charge on any atom is 0.309 e. The zero-order valence-electron chi connectivity index (χ0n) is 8.44. The number of aromatic nitrogens is 2. The van der Waals surface area contributed by atoms with Crippen LogP contribution in [0.3, 0.4) is 0 Å². The van der Waals surface area contributed by atoms with Crippen molar-refractivity contribution in [1.29, 1.82) is 0 Å². The third-order valence-electron chi connectivity index (χ3n) is 1.93. The van der Waals surface area contributed by atoms with E-state index in [-0.39, 0.29) is 17.9 Å². The number of carboxylic acids is 1. The van der Waals surface area contributed by atoms with Gasteiger partial charge >= 0.3 is 5.97 Å². The number of furan rings is 1. The Labute approximate surface area is 103 Å².